The number of ether oxygens (including phenoxy) is 1. The van der Waals surface area contributed by atoms with Crippen molar-refractivity contribution in [1.82, 2.24) is 0 Å². The molecule has 7 heteroatoms. The summed E-state index contributed by atoms with van der Waals surface area (Å²) in [7, 11) is -4.31. The van der Waals surface area contributed by atoms with Crippen LogP contribution in [0.15, 0.2) is 47.4 Å². The molecule has 0 bridgehead atoms. The van der Waals surface area contributed by atoms with Crippen LogP contribution in [0, 0.1) is 0 Å². The smallest absolute Gasteiger partial charge is 0.872 e. The zero-order valence-corrected chi connectivity index (χ0v) is 20.9. The van der Waals surface area contributed by atoms with E-state index in [4.69, 9.17) is 4.74 Å². The van der Waals surface area contributed by atoms with Crippen LogP contribution in [-0.2, 0) is 16.5 Å². The maximum atomic E-state index is 12.3. The number of hydrogen-bond acceptors (Lipinski definition) is 4. The molecule has 0 aliphatic heterocycles. The van der Waals surface area contributed by atoms with Gasteiger partial charge in [-0.05, 0) is 36.6 Å². The van der Waals surface area contributed by atoms with Gasteiger partial charge in [-0.1, -0.05) is 76.5 Å². The Hall–Kier alpha value is -1.05. The van der Waals surface area contributed by atoms with Crippen molar-refractivity contribution in [3.63, 3.8) is 0 Å². The maximum Gasteiger partial charge on any atom is 1.00 e. The molecule has 2 aromatic carbocycles. The van der Waals surface area contributed by atoms with Crippen molar-refractivity contribution >= 4 is 10.1 Å². The molecule has 0 spiro atoms. The second-order valence-electron chi connectivity index (χ2n) is 7.36. The normalized spacial score (nSPS) is 11.1. The molecule has 0 aliphatic carbocycles. The van der Waals surface area contributed by atoms with Crippen LogP contribution in [0.5, 0.6) is 17.2 Å². The van der Waals surface area contributed by atoms with Gasteiger partial charge < -0.3 is 9.84 Å². The van der Waals surface area contributed by atoms with Crippen LogP contribution in [0.25, 0.3) is 0 Å². The molecule has 2 rings (SSSR count). The van der Waals surface area contributed by atoms with Gasteiger partial charge in [-0.25, -0.2) is 0 Å². The Kier molecular flexibility index (Phi) is 12.7. The Balaban J connectivity index is 0.00000450. The molecule has 0 saturated heterocycles. The van der Waals surface area contributed by atoms with E-state index < -0.39 is 10.1 Å². The zero-order chi connectivity index (χ0) is 21.1. The SMILES string of the molecule is CCCCCCCCCCCc1c([O-])cccc1Oc1cccc(S(=O)(=O)O)c1.[Na+]. The third kappa shape index (κ3) is 9.40. The van der Waals surface area contributed by atoms with Crippen molar-refractivity contribution in [2.24, 2.45) is 0 Å². The third-order valence-electron chi connectivity index (χ3n) is 4.95. The average molecular weight is 443 g/mol. The van der Waals surface area contributed by atoms with E-state index in [0.717, 1.165) is 12.8 Å². The Bertz CT molecular complexity index is 868. The van der Waals surface area contributed by atoms with Crippen LogP contribution >= 0.6 is 0 Å². The molecule has 0 radical (unpaired) electrons. The molecule has 0 unspecified atom stereocenters. The summed E-state index contributed by atoms with van der Waals surface area (Å²) in [6.07, 6.45) is 11.5. The van der Waals surface area contributed by atoms with Crippen molar-refractivity contribution in [1.29, 1.82) is 0 Å². The van der Waals surface area contributed by atoms with Crippen molar-refractivity contribution in [2.45, 2.75) is 76.0 Å². The van der Waals surface area contributed by atoms with Crippen molar-refractivity contribution < 1.29 is 52.4 Å². The predicted octanol–water partition coefficient (Wildman–Crippen LogP) is 2.88. The molecule has 160 valence electrons. The van der Waals surface area contributed by atoms with Crippen molar-refractivity contribution in [3.8, 4) is 17.2 Å². The van der Waals surface area contributed by atoms with E-state index in [2.05, 4.69) is 6.92 Å². The van der Waals surface area contributed by atoms with Gasteiger partial charge in [0.25, 0.3) is 10.1 Å². The van der Waals surface area contributed by atoms with Gasteiger partial charge in [-0.3, -0.25) is 4.55 Å². The molecular weight excluding hydrogens is 411 g/mol. The number of hydrogen-bond donors (Lipinski definition) is 1. The van der Waals surface area contributed by atoms with Gasteiger partial charge in [-0.15, -0.1) is 5.75 Å². The summed E-state index contributed by atoms with van der Waals surface area (Å²) in [5, 5.41) is 12.3. The molecule has 0 heterocycles. The van der Waals surface area contributed by atoms with E-state index in [1.807, 2.05) is 0 Å². The molecule has 0 atom stereocenters. The molecule has 1 N–H and O–H groups in total. The maximum absolute atomic E-state index is 12.3. The summed E-state index contributed by atoms with van der Waals surface area (Å²) in [5.74, 6) is 0.622. The molecule has 0 aromatic heterocycles. The Morgan fingerprint density at radius 2 is 1.50 bits per heavy atom. The fourth-order valence-corrected chi connectivity index (χ4v) is 3.84. The fourth-order valence-electron chi connectivity index (χ4n) is 3.33. The van der Waals surface area contributed by atoms with Crippen LogP contribution in [-0.4, -0.2) is 13.0 Å². The number of rotatable bonds is 13. The summed E-state index contributed by atoms with van der Waals surface area (Å²) >= 11 is 0. The van der Waals surface area contributed by atoms with Crippen LogP contribution in [0.3, 0.4) is 0 Å². The molecular formula is C23H31NaO5S. The van der Waals surface area contributed by atoms with Crippen LogP contribution in [0.1, 0.15) is 70.3 Å². The number of benzene rings is 2. The average Bonchev–Trinajstić information content (AvgIpc) is 2.68. The molecule has 0 fully saturated rings. The van der Waals surface area contributed by atoms with Gasteiger partial charge in [0.05, 0.1) is 4.90 Å². The second kappa shape index (κ2) is 14.1. The molecule has 0 amide bonds. The summed E-state index contributed by atoms with van der Waals surface area (Å²) in [6.45, 7) is 2.22. The molecule has 0 aliphatic rings. The molecule has 5 nitrogen and oxygen atoms in total. The minimum atomic E-state index is -4.31. The summed E-state index contributed by atoms with van der Waals surface area (Å²) < 4.78 is 37.6. The van der Waals surface area contributed by atoms with E-state index in [0.29, 0.717) is 17.7 Å². The van der Waals surface area contributed by atoms with Gasteiger partial charge in [0.1, 0.15) is 11.5 Å². The monoisotopic (exact) mass is 442 g/mol. The molecule has 2 aromatic rings. The van der Waals surface area contributed by atoms with Crippen LogP contribution in [0.4, 0.5) is 0 Å². The Morgan fingerprint density at radius 3 is 2.13 bits per heavy atom. The van der Waals surface area contributed by atoms with Crippen molar-refractivity contribution in [3.05, 3.63) is 48.0 Å². The van der Waals surface area contributed by atoms with Crippen LogP contribution < -0.4 is 39.4 Å². The number of unbranched alkanes of at least 4 members (excludes halogenated alkanes) is 8. The van der Waals surface area contributed by atoms with E-state index in [1.165, 1.54) is 69.2 Å². The van der Waals surface area contributed by atoms with Gasteiger partial charge in [0.2, 0.25) is 0 Å². The Labute approximate surface area is 202 Å². The summed E-state index contributed by atoms with van der Waals surface area (Å²) in [6, 6.07) is 10.5. The first-order valence-electron chi connectivity index (χ1n) is 10.5. The largest absolute Gasteiger partial charge is 1.00 e. The molecule has 30 heavy (non-hydrogen) atoms. The minimum Gasteiger partial charge on any atom is -0.872 e. The van der Waals surface area contributed by atoms with Crippen LogP contribution in [0.2, 0.25) is 0 Å². The minimum absolute atomic E-state index is 0. The quantitative estimate of drug-likeness (QED) is 0.293. The van der Waals surface area contributed by atoms with E-state index in [1.54, 1.807) is 18.2 Å². The van der Waals surface area contributed by atoms with Gasteiger partial charge in [0.15, 0.2) is 0 Å². The Morgan fingerprint density at radius 1 is 0.900 bits per heavy atom. The van der Waals surface area contributed by atoms with E-state index in [9.17, 15) is 18.1 Å². The van der Waals surface area contributed by atoms with Gasteiger partial charge >= 0.3 is 29.6 Å². The zero-order valence-electron chi connectivity index (χ0n) is 18.1. The first kappa shape index (κ1) is 27.0. The molecule has 0 saturated carbocycles. The first-order valence-corrected chi connectivity index (χ1v) is 11.9. The second-order valence-corrected chi connectivity index (χ2v) is 8.78. The van der Waals surface area contributed by atoms with E-state index >= 15 is 0 Å². The van der Waals surface area contributed by atoms with Gasteiger partial charge in [-0.2, -0.15) is 8.42 Å². The third-order valence-corrected chi connectivity index (χ3v) is 5.80. The summed E-state index contributed by atoms with van der Waals surface area (Å²) in [5.41, 5.74) is 0.604. The van der Waals surface area contributed by atoms with E-state index in [-0.39, 0.29) is 46.0 Å². The summed E-state index contributed by atoms with van der Waals surface area (Å²) in [4.78, 5) is -0.242. The predicted molar refractivity (Wildman–Crippen MR) is 113 cm³/mol. The topological polar surface area (TPSA) is 86.7 Å². The fraction of sp³-hybridized carbons (Fsp3) is 0.478. The van der Waals surface area contributed by atoms with Gasteiger partial charge in [0, 0.05) is 6.07 Å². The first-order chi connectivity index (χ1) is 13.9. The standard InChI is InChI=1S/C23H32O5S.Na/c1-2-3-4-5-6-7-8-9-10-15-21-22(24)16-12-17-23(21)28-19-13-11-14-20(18-19)29(25,26)27;/h11-14,16-18,24H,2-10,15H2,1H3,(H,25,26,27);/q;+1/p-1. The van der Waals surface area contributed by atoms with Crippen molar-refractivity contribution in [2.75, 3.05) is 0 Å².